The fourth-order valence-electron chi connectivity index (χ4n) is 1.01. The minimum Gasteiger partial charge on any atom is -0.376 e. The Balaban J connectivity index is 3.05. The van der Waals surface area contributed by atoms with E-state index in [0.717, 1.165) is 10.4 Å². The van der Waals surface area contributed by atoms with Gasteiger partial charge in [-0.05, 0) is 19.9 Å². The number of rotatable bonds is 1. The summed E-state index contributed by atoms with van der Waals surface area (Å²) in [4.78, 5) is 2.29. The van der Waals surface area contributed by atoms with Gasteiger partial charge in [0, 0.05) is 15.3 Å². The summed E-state index contributed by atoms with van der Waals surface area (Å²) in [7, 11) is 0. The SMILES string of the molecule is C#CC(O)c1cc(C)sc1C. The standard InChI is InChI=1S/C9H10OS/c1-4-9(10)8-5-6(2)11-7(8)3/h1,5,9-10H,2-3H3. The van der Waals surface area contributed by atoms with Crippen LogP contribution in [0.4, 0.5) is 0 Å². The first kappa shape index (κ1) is 8.32. The highest BCUT2D eigenvalue weighted by molar-refractivity contribution is 7.12. The molecule has 0 bridgehead atoms. The van der Waals surface area contributed by atoms with Gasteiger partial charge in [-0.25, -0.2) is 0 Å². The molecule has 1 heterocycles. The fraction of sp³-hybridized carbons (Fsp3) is 0.333. The molecule has 0 aliphatic carbocycles. The molecule has 1 rings (SSSR count). The van der Waals surface area contributed by atoms with E-state index in [-0.39, 0.29) is 0 Å². The molecule has 0 aliphatic rings. The Labute approximate surface area is 70.7 Å². The summed E-state index contributed by atoms with van der Waals surface area (Å²) < 4.78 is 0. The molecule has 1 aromatic heterocycles. The molecule has 1 atom stereocenters. The normalized spacial score (nSPS) is 12.5. The van der Waals surface area contributed by atoms with Crippen molar-refractivity contribution in [2.24, 2.45) is 0 Å². The van der Waals surface area contributed by atoms with Gasteiger partial charge in [0.1, 0.15) is 6.10 Å². The predicted molar refractivity (Wildman–Crippen MR) is 47.6 cm³/mol. The number of aliphatic hydroxyl groups excluding tert-OH is 1. The molecular weight excluding hydrogens is 156 g/mol. The third-order valence-corrected chi connectivity index (χ3v) is 2.51. The van der Waals surface area contributed by atoms with Crippen molar-refractivity contribution in [2.75, 3.05) is 0 Å². The van der Waals surface area contributed by atoms with Gasteiger partial charge in [0.15, 0.2) is 0 Å². The Kier molecular flexibility index (Phi) is 2.33. The summed E-state index contributed by atoms with van der Waals surface area (Å²) in [5.74, 6) is 2.30. The molecule has 11 heavy (non-hydrogen) atoms. The van der Waals surface area contributed by atoms with Crippen molar-refractivity contribution in [1.29, 1.82) is 0 Å². The zero-order valence-corrected chi connectivity index (χ0v) is 7.40. The summed E-state index contributed by atoms with van der Waals surface area (Å²) in [5, 5.41) is 9.29. The van der Waals surface area contributed by atoms with Crippen molar-refractivity contribution in [2.45, 2.75) is 20.0 Å². The highest BCUT2D eigenvalue weighted by Gasteiger charge is 2.09. The van der Waals surface area contributed by atoms with Crippen LogP contribution in [0.5, 0.6) is 0 Å². The molecule has 0 aromatic carbocycles. The van der Waals surface area contributed by atoms with Gasteiger partial charge >= 0.3 is 0 Å². The first-order valence-electron chi connectivity index (χ1n) is 3.36. The topological polar surface area (TPSA) is 20.2 Å². The van der Waals surface area contributed by atoms with Crippen molar-refractivity contribution < 1.29 is 5.11 Å². The van der Waals surface area contributed by atoms with E-state index in [1.165, 1.54) is 4.88 Å². The molecule has 58 valence electrons. The zero-order chi connectivity index (χ0) is 8.43. The molecule has 2 heteroatoms. The van der Waals surface area contributed by atoms with Crippen molar-refractivity contribution in [3.05, 3.63) is 21.4 Å². The summed E-state index contributed by atoms with van der Waals surface area (Å²) in [5.41, 5.74) is 0.870. The van der Waals surface area contributed by atoms with Gasteiger partial charge in [-0.1, -0.05) is 5.92 Å². The predicted octanol–water partition coefficient (Wildman–Crippen LogP) is 2.03. The van der Waals surface area contributed by atoms with Crippen molar-refractivity contribution in [1.82, 2.24) is 0 Å². The molecule has 1 unspecified atom stereocenters. The third kappa shape index (κ3) is 1.62. The molecule has 0 aliphatic heterocycles. The second-order valence-electron chi connectivity index (χ2n) is 2.44. The minimum absolute atomic E-state index is 0.736. The molecule has 0 fully saturated rings. The van der Waals surface area contributed by atoms with E-state index < -0.39 is 6.10 Å². The van der Waals surface area contributed by atoms with Crippen molar-refractivity contribution in [3.63, 3.8) is 0 Å². The lowest BCUT2D eigenvalue weighted by atomic mass is 10.1. The molecule has 1 nitrogen and oxygen atoms in total. The lowest BCUT2D eigenvalue weighted by Crippen LogP contribution is -1.91. The maximum Gasteiger partial charge on any atom is 0.141 e. The van der Waals surface area contributed by atoms with Crippen molar-refractivity contribution >= 4 is 11.3 Å². The van der Waals surface area contributed by atoms with E-state index in [0.29, 0.717) is 0 Å². The molecule has 1 aromatic rings. The highest BCUT2D eigenvalue weighted by Crippen LogP contribution is 2.25. The molecule has 0 saturated carbocycles. The lowest BCUT2D eigenvalue weighted by Gasteiger charge is -1.99. The Bertz CT molecular complexity index is 293. The first-order chi connectivity index (χ1) is 5.15. The fourth-order valence-corrected chi connectivity index (χ4v) is 1.97. The Morgan fingerprint density at radius 2 is 2.27 bits per heavy atom. The number of thiophene rings is 1. The number of aliphatic hydroxyl groups is 1. The quantitative estimate of drug-likeness (QED) is 0.633. The van der Waals surface area contributed by atoms with Crippen LogP contribution in [0.15, 0.2) is 6.07 Å². The Morgan fingerprint density at radius 3 is 2.64 bits per heavy atom. The highest BCUT2D eigenvalue weighted by atomic mass is 32.1. The first-order valence-corrected chi connectivity index (χ1v) is 4.18. The van der Waals surface area contributed by atoms with Crippen LogP contribution in [0.25, 0.3) is 0 Å². The van der Waals surface area contributed by atoms with Gasteiger partial charge in [0.25, 0.3) is 0 Å². The number of hydrogen-bond donors (Lipinski definition) is 1. The third-order valence-electron chi connectivity index (χ3n) is 1.53. The largest absolute Gasteiger partial charge is 0.376 e. The van der Waals surface area contributed by atoms with Crippen molar-refractivity contribution in [3.8, 4) is 12.3 Å². The van der Waals surface area contributed by atoms with Gasteiger partial charge in [-0.2, -0.15) is 0 Å². The zero-order valence-electron chi connectivity index (χ0n) is 6.59. The average molecular weight is 166 g/mol. The van der Waals surface area contributed by atoms with Crippen LogP contribution in [0, 0.1) is 26.2 Å². The molecule has 0 spiro atoms. The maximum absolute atomic E-state index is 9.29. The summed E-state index contributed by atoms with van der Waals surface area (Å²) >= 11 is 1.66. The van der Waals surface area contributed by atoms with Gasteiger partial charge in [-0.15, -0.1) is 17.8 Å². The Morgan fingerprint density at radius 1 is 1.64 bits per heavy atom. The summed E-state index contributed by atoms with van der Waals surface area (Å²) in [6, 6.07) is 1.94. The van der Waals surface area contributed by atoms with E-state index in [1.54, 1.807) is 11.3 Å². The minimum atomic E-state index is -0.736. The second kappa shape index (κ2) is 3.08. The molecule has 0 amide bonds. The number of hydrogen-bond acceptors (Lipinski definition) is 2. The van der Waals surface area contributed by atoms with Crippen LogP contribution in [0.3, 0.4) is 0 Å². The maximum atomic E-state index is 9.29. The van der Waals surface area contributed by atoms with Gasteiger partial charge in [-0.3, -0.25) is 0 Å². The second-order valence-corrected chi connectivity index (χ2v) is 3.90. The summed E-state index contributed by atoms with van der Waals surface area (Å²) in [6.07, 6.45) is 4.35. The number of terminal acetylenes is 1. The average Bonchev–Trinajstić information content (AvgIpc) is 2.28. The van der Waals surface area contributed by atoms with E-state index in [9.17, 15) is 5.11 Å². The van der Waals surface area contributed by atoms with Gasteiger partial charge < -0.3 is 5.11 Å². The van der Waals surface area contributed by atoms with Crippen LogP contribution in [0.1, 0.15) is 21.4 Å². The number of aryl methyl sites for hydroxylation is 2. The Hall–Kier alpha value is -0.780. The van der Waals surface area contributed by atoms with Crippen LogP contribution >= 0.6 is 11.3 Å². The van der Waals surface area contributed by atoms with Crippen LogP contribution < -0.4 is 0 Å². The van der Waals surface area contributed by atoms with Crippen LogP contribution in [-0.2, 0) is 0 Å². The monoisotopic (exact) mass is 166 g/mol. The summed E-state index contributed by atoms with van der Waals surface area (Å²) in [6.45, 7) is 3.97. The smallest absolute Gasteiger partial charge is 0.141 e. The molecule has 0 saturated heterocycles. The molecule has 1 N–H and O–H groups in total. The van der Waals surface area contributed by atoms with E-state index >= 15 is 0 Å². The van der Waals surface area contributed by atoms with Crippen LogP contribution in [-0.4, -0.2) is 5.11 Å². The van der Waals surface area contributed by atoms with E-state index in [2.05, 4.69) is 5.92 Å². The van der Waals surface area contributed by atoms with Gasteiger partial charge in [0.05, 0.1) is 0 Å². The van der Waals surface area contributed by atoms with E-state index in [1.807, 2.05) is 19.9 Å². The van der Waals surface area contributed by atoms with Gasteiger partial charge in [0.2, 0.25) is 0 Å². The molecular formula is C9H10OS. The molecule has 0 radical (unpaired) electrons. The van der Waals surface area contributed by atoms with Crippen LogP contribution in [0.2, 0.25) is 0 Å². The van der Waals surface area contributed by atoms with E-state index in [4.69, 9.17) is 6.42 Å². The lowest BCUT2D eigenvalue weighted by molar-refractivity contribution is 0.238.